The van der Waals surface area contributed by atoms with Gasteiger partial charge in [-0.2, -0.15) is 0 Å². The van der Waals surface area contributed by atoms with E-state index < -0.39 is 0 Å². The normalized spacial score (nSPS) is 18.0. The van der Waals surface area contributed by atoms with Gasteiger partial charge in [-0.3, -0.25) is 0 Å². The smallest absolute Gasteiger partial charge is 0.00137 e. The third-order valence-corrected chi connectivity index (χ3v) is 3.54. The maximum Gasteiger partial charge on any atom is -0.00137 e. The van der Waals surface area contributed by atoms with Gasteiger partial charge in [0, 0.05) is 0 Å². The van der Waals surface area contributed by atoms with Crippen molar-refractivity contribution < 1.29 is 0 Å². The highest BCUT2D eigenvalue weighted by Gasteiger charge is 2.24. The van der Waals surface area contributed by atoms with Crippen LogP contribution in [-0.4, -0.2) is 0 Å². The molecule has 0 fully saturated rings. The molecule has 1 aromatic rings. The molecule has 0 heteroatoms. The topological polar surface area (TPSA) is 0 Å². The van der Waals surface area contributed by atoms with Crippen molar-refractivity contribution in [2.75, 3.05) is 0 Å². The summed E-state index contributed by atoms with van der Waals surface area (Å²) in [4.78, 5) is 0. The molecule has 0 aromatic heterocycles. The van der Waals surface area contributed by atoms with Crippen LogP contribution in [0.3, 0.4) is 0 Å². The second kappa shape index (κ2) is 3.10. The third-order valence-electron chi connectivity index (χ3n) is 3.54. The highest BCUT2D eigenvalue weighted by atomic mass is 14.3. The summed E-state index contributed by atoms with van der Waals surface area (Å²) < 4.78 is 0. The second-order valence-corrected chi connectivity index (χ2v) is 4.78. The van der Waals surface area contributed by atoms with E-state index in [9.17, 15) is 0 Å². The Bertz CT molecular complexity index is 483. The summed E-state index contributed by atoms with van der Waals surface area (Å²) in [5.74, 6) is 0. The summed E-state index contributed by atoms with van der Waals surface area (Å²) in [5, 5.41) is 0. The molecule has 0 unspecified atom stereocenters. The zero-order chi connectivity index (χ0) is 10.4. The molecule has 0 radical (unpaired) electrons. The van der Waals surface area contributed by atoms with Crippen LogP contribution >= 0.6 is 0 Å². The van der Waals surface area contributed by atoms with Gasteiger partial charge in [0.2, 0.25) is 0 Å². The van der Waals surface area contributed by atoms with Gasteiger partial charge in [-0.1, -0.05) is 29.9 Å². The van der Waals surface area contributed by atoms with E-state index in [1.807, 2.05) is 0 Å². The first-order chi connectivity index (χ1) is 7.25. The minimum Gasteiger partial charge on any atom is -0.0730 e. The van der Waals surface area contributed by atoms with Gasteiger partial charge in [-0.05, 0) is 60.9 Å². The summed E-state index contributed by atoms with van der Waals surface area (Å²) in [5.41, 5.74) is 9.22. The van der Waals surface area contributed by atoms with Crippen LogP contribution in [0.15, 0.2) is 29.9 Å². The zero-order valence-corrected chi connectivity index (χ0v) is 9.43. The van der Waals surface area contributed by atoms with Crippen molar-refractivity contribution in [1.82, 2.24) is 0 Å². The summed E-state index contributed by atoms with van der Waals surface area (Å²) in [6.07, 6.45) is 8.28. The van der Waals surface area contributed by atoms with Crippen molar-refractivity contribution in [1.29, 1.82) is 0 Å². The van der Waals surface area contributed by atoms with Crippen molar-refractivity contribution in [3.05, 3.63) is 52.1 Å². The summed E-state index contributed by atoms with van der Waals surface area (Å²) in [6.45, 7) is 4.46. The van der Waals surface area contributed by atoms with E-state index in [0.29, 0.717) is 0 Å². The molecule has 2 aliphatic carbocycles. The molecule has 0 atom stereocenters. The van der Waals surface area contributed by atoms with E-state index in [4.69, 9.17) is 0 Å². The predicted molar refractivity (Wildman–Crippen MR) is 65.0 cm³/mol. The molecular formula is C15H16. The van der Waals surface area contributed by atoms with E-state index >= 15 is 0 Å². The van der Waals surface area contributed by atoms with Crippen LogP contribution in [0.1, 0.15) is 42.0 Å². The molecule has 0 heterocycles. The largest absolute Gasteiger partial charge is 0.0730 e. The molecule has 15 heavy (non-hydrogen) atoms. The van der Waals surface area contributed by atoms with E-state index in [0.717, 1.165) is 0 Å². The van der Waals surface area contributed by atoms with Crippen molar-refractivity contribution in [2.45, 2.75) is 33.1 Å². The van der Waals surface area contributed by atoms with Gasteiger partial charge >= 0.3 is 0 Å². The first-order valence-corrected chi connectivity index (χ1v) is 5.74. The van der Waals surface area contributed by atoms with Crippen molar-refractivity contribution >= 4 is 5.57 Å². The SMILES string of the molecule is CC1=CC=C(c2c(C)ccc3c2C3)CC1. The predicted octanol–water partition coefficient (Wildman–Crippen LogP) is 4.02. The summed E-state index contributed by atoms with van der Waals surface area (Å²) >= 11 is 0. The molecule has 0 bridgehead atoms. The molecular weight excluding hydrogens is 180 g/mol. The van der Waals surface area contributed by atoms with Crippen LogP contribution in [0.4, 0.5) is 0 Å². The van der Waals surface area contributed by atoms with Crippen molar-refractivity contribution in [3.8, 4) is 0 Å². The molecule has 0 N–H and O–H groups in total. The monoisotopic (exact) mass is 196 g/mol. The lowest BCUT2D eigenvalue weighted by Gasteiger charge is -2.14. The van der Waals surface area contributed by atoms with Crippen molar-refractivity contribution in [2.24, 2.45) is 0 Å². The Morgan fingerprint density at radius 1 is 1.00 bits per heavy atom. The zero-order valence-electron chi connectivity index (χ0n) is 9.43. The Morgan fingerprint density at radius 3 is 2.60 bits per heavy atom. The highest BCUT2D eigenvalue weighted by molar-refractivity contribution is 5.77. The second-order valence-electron chi connectivity index (χ2n) is 4.78. The van der Waals surface area contributed by atoms with E-state index in [-0.39, 0.29) is 0 Å². The average Bonchev–Trinajstić information content (AvgIpc) is 2.99. The molecule has 76 valence electrons. The molecule has 2 aliphatic rings. The van der Waals surface area contributed by atoms with Crippen LogP contribution in [0.2, 0.25) is 0 Å². The van der Waals surface area contributed by atoms with Crippen LogP contribution in [-0.2, 0) is 6.42 Å². The minimum absolute atomic E-state index is 1.22. The Balaban J connectivity index is 2.08. The molecule has 0 saturated carbocycles. The van der Waals surface area contributed by atoms with Crippen LogP contribution in [0.5, 0.6) is 0 Å². The molecule has 3 rings (SSSR count). The average molecular weight is 196 g/mol. The van der Waals surface area contributed by atoms with E-state index in [2.05, 4.69) is 38.1 Å². The molecule has 0 saturated heterocycles. The van der Waals surface area contributed by atoms with Crippen LogP contribution < -0.4 is 0 Å². The fourth-order valence-electron chi connectivity index (χ4n) is 2.50. The number of hydrogen-bond acceptors (Lipinski definition) is 0. The van der Waals surface area contributed by atoms with E-state index in [1.165, 1.54) is 30.4 Å². The minimum atomic E-state index is 1.22. The summed E-state index contributed by atoms with van der Waals surface area (Å²) in [6, 6.07) is 4.55. The maximum absolute atomic E-state index is 2.32. The molecule has 0 amide bonds. The lowest BCUT2D eigenvalue weighted by atomic mass is 9.91. The number of fused-ring (bicyclic) bond motifs is 1. The van der Waals surface area contributed by atoms with Gasteiger partial charge in [-0.15, -0.1) is 0 Å². The molecule has 0 aliphatic heterocycles. The first kappa shape index (κ1) is 8.96. The molecule has 0 spiro atoms. The number of aryl methyl sites for hydroxylation is 1. The lowest BCUT2D eigenvalue weighted by molar-refractivity contribution is 0.975. The quantitative estimate of drug-likeness (QED) is 0.646. The fraction of sp³-hybridized carbons (Fsp3) is 0.333. The number of allylic oxidation sites excluding steroid dienone is 4. The van der Waals surface area contributed by atoms with Crippen LogP contribution in [0, 0.1) is 6.92 Å². The first-order valence-electron chi connectivity index (χ1n) is 5.74. The Kier molecular flexibility index (Phi) is 1.85. The van der Waals surface area contributed by atoms with Gasteiger partial charge in [-0.25, -0.2) is 0 Å². The molecule has 1 aromatic carbocycles. The Labute approximate surface area is 91.3 Å². The number of benzene rings is 1. The van der Waals surface area contributed by atoms with Gasteiger partial charge in [0.05, 0.1) is 0 Å². The van der Waals surface area contributed by atoms with Gasteiger partial charge < -0.3 is 0 Å². The standard InChI is InChI=1S/C15H16/c1-10-3-6-12(7-4-10)15-11(2)5-8-13-9-14(13)15/h3,5-6,8H,4,7,9H2,1-2H3. The number of hydrogen-bond donors (Lipinski definition) is 0. The van der Waals surface area contributed by atoms with Crippen LogP contribution in [0.25, 0.3) is 5.57 Å². The third kappa shape index (κ3) is 1.45. The van der Waals surface area contributed by atoms with Gasteiger partial charge in [0.15, 0.2) is 0 Å². The highest BCUT2D eigenvalue weighted by Crippen LogP contribution is 2.40. The fourth-order valence-corrected chi connectivity index (χ4v) is 2.50. The lowest BCUT2D eigenvalue weighted by Crippen LogP contribution is -1.94. The number of rotatable bonds is 1. The van der Waals surface area contributed by atoms with E-state index in [1.54, 1.807) is 22.3 Å². The van der Waals surface area contributed by atoms with Gasteiger partial charge in [0.25, 0.3) is 0 Å². The van der Waals surface area contributed by atoms with Gasteiger partial charge in [0.1, 0.15) is 0 Å². The molecule has 0 nitrogen and oxygen atoms in total. The maximum atomic E-state index is 2.32. The summed E-state index contributed by atoms with van der Waals surface area (Å²) in [7, 11) is 0. The Hall–Kier alpha value is -1.30. The van der Waals surface area contributed by atoms with Crippen molar-refractivity contribution in [3.63, 3.8) is 0 Å². The Morgan fingerprint density at radius 2 is 1.87 bits per heavy atom.